The van der Waals surface area contributed by atoms with E-state index < -0.39 is 0 Å². The second-order valence-electron chi connectivity index (χ2n) is 6.80. The number of rotatable bonds is 4. The number of thioether (sulfide) groups is 2. The summed E-state index contributed by atoms with van der Waals surface area (Å²) in [5, 5.41) is 2.82. The molecule has 0 unspecified atom stereocenters. The van der Waals surface area contributed by atoms with E-state index in [1.165, 1.54) is 28.3 Å². The van der Waals surface area contributed by atoms with Gasteiger partial charge in [-0.05, 0) is 37.3 Å². The lowest BCUT2D eigenvalue weighted by molar-refractivity contribution is -0.0379. The van der Waals surface area contributed by atoms with Crippen molar-refractivity contribution >= 4 is 45.1 Å². The van der Waals surface area contributed by atoms with Crippen molar-refractivity contribution in [2.75, 3.05) is 6.26 Å². The number of hydrogen-bond donors (Lipinski definition) is 0. The predicted molar refractivity (Wildman–Crippen MR) is 108 cm³/mol. The molecule has 0 amide bonds. The molecule has 26 heavy (non-hydrogen) atoms. The van der Waals surface area contributed by atoms with Crippen LogP contribution in [0.1, 0.15) is 29.9 Å². The molecule has 0 aliphatic carbocycles. The van der Waals surface area contributed by atoms with Gasteiger partial charge in [0.15, 0.2) is 5.16 Å². The van der Waals surface area contributed by atoms with Crippen LogP contribution in [0.5, 0.6) is 0 Å². The van der Waals surface area contributed by atoms with Crippen molar-refractivity contribution in [3.8, 4) is 0 Å². The SMILES string of the molecule is CSc1nc(SCc2ccccc2F)c2c3c(sc2n1)COC(C)(C)C3. The van der Waals surface area contributed by atoms with Gasteiger partial charge in [-0.3, -0.25) is 0 Å². The summed E-state index contributed by atoms with van der Waals surface area (Å²) in [6, 6.07) is 6.92. The van der Waals surface area contributed by atoms with Gasteiger partial charge < -0.3 is 4.74 Å². The zero-order valence-electron chi connectivity index (χ0n) is 14.8. The Labute approximate surface area is 164 Å². The van der Waals surface area contributed by atoms with Crippen LogP contribution in [0.4, 0.5) is 4.39 Å². The topological polar surface area (TPSA) is 35.0 Å². The number of ether oxygens (including phenoxy) is 1. The molecule has 0 N–H and O–H groups in total. The minimum Gasteiger partial charge on any atom is -0.370 e. The van der Waals surface area contributed by atoms with Crippen LogP contribution in [0.25, 0.3) is 10.2 Å². The van der Waals surface area contributed by atoms with Crippen molar-refractivity contribution in [3.63, 3.8) is 0 Å². The minimum atomic E-state index is -0.188. The average molecular weight is 407 g/mol. The Morgan fingerprint density at radius 2 is 2.08 bits per heavy atom. The van der Waals surface area contributed by atoms with Crippen LogP contribution in [0.15, 0.2) is 34.4 Å². The molecule has 4 rings (SSSR count). The highest BCUT2D eigenvalue weighted by Gasteiger charge is 2.31. The maximum Gasteiger partial charge on any atom is 0.189 e. The van der Waals surface area contributed by atoms with Crippen LogP contribution >= 0.6 is 34.9 Å². The Balaban J connectivity index is 1.77. The molecule has 3 nitrogen and oxygen atoms in total. The van der Waals surface area contributed by atoms with E-state index in [-0.39, 0.29) is 11.4 Å². The smallest absolute Gasteiger partial charge is 0.189 e. The van der Waals surface area contributed by atoms with Crippen molar-refractivity contribution in [3.05, 3.63) is 46.1 Å². The Hall–Kier alpha value is -1.15. The van der Waals surface area contributed by atoms with Gasteiger partial charge in [-0.25, -0.2) is 14.4 Å². The maximum absolute atomic E-state index is 14.0. The lowest BCUT2D eigenvalue weighted by atomic mass is 9.95. The fraction of sp³-hybridized carbons (Fsp3) is 0.368. The van der Waals surface area contributed by atoms with Gasteiger partial charge in [0.2, 0.25) is 0 Å². The molecule has 0 fully saturated rings. The molecule has 0 bridgehead atoms. The van der Waals surface area contributed by atoms with Crippen molar-refractivity contribution in [1.29, 1.82) is 0 Å². The van der Waals surface area contributed by atoms with Crippen molar-refractivity contribution in [2.45, 2.75) is 48.4 Å². The number of benzene rings is 1. The third-order valence-electron chi connectivity index (χ3n) is 4.38. The number of aromatic nitrogens is 2. The number of nitrogens with zero attached hydrogens (tertiary/aromatic N) is 2. The first-order valence-corrected chi connectivity index (χ1v) is 11.4. The molecule has 7 heteroatoms. The molecule has 0 atom stereocenters. The van der Waals surface area contributed by atoms with Crippen molar-refractivity contribution in [2.24, 2.45) is 0 Å². The van der Waals surface area contributed by atoms with Gasteiger partial charge in [0.1, 0.15) is 15.7 Å². The van der Waals surface area contributed by atoms with E-state index in [4.69, 9.17) is 14.7 Å². The van der Waals surface area contributed by atoms with Crippen LogP contribution < -0.4 is 0 Å². The maximum atomic E-state index is 14.0. The summed E-state index contributed by atoms with van der Waals surface area (Å²) >= 11 is 4.81. The highest BCUT2D eigenvalue weighted by Crippen LogP contribution is 2.42. The quantitative estimate of drug-likeness (QED) is 0.316. The van der Waals surface area contributed by atoms with E-state index in [9.17, 15) is 4.39 Å². The van der Waals surface area contributed by atoms with Gasteiger partial charge in [-0.2, -0.15) is 0 Å². The Bertz CT molecular complexity index is 971. The first kappa shape index (κ1) is 18.2. The van der Waals surface area contributed by atoms with Crippen LogP contribution in [0.3, 0.4) is 0 Å². The lowest BCUT2D eigenvalue weighted by Crippen LogP contribution is -2.31. The van der Waals surface area contributed by atoms with Gasteiger partial charge in [-0.1, -0.05) is 30.0 Å². The van der Waals surface area contributed by atoms with Crippen molar-refractivity contribution in [1.82, 2.24) is 9.97 Å². The second kappa shape index (κ2) is 7.11. The molecule has 1 aromatic carbocycles. The van der Waals surface area contributed by atoms with Gasteiger partial charge in [0.25, 0.3) is 0 Å². The zero-order chi connectivity index (χ0) is 18.3. The third-order valence-corrected chi connectivity index (χ3v) is 7.05. The number of hydrogen-bond acceptors (Lipinski definition) is 6. The van der Waals surface area contributed by atoms with E-state index in [1.807, 2.05) is 18.4 Å². The standard InChI is InChI=1S/C19H19FN2OS3/c1-19(2)8-12-14(9-23-19)26-17-15(12)16(21-18(22-17)24-3)25-10-11-6-4-5-7-13(11)20/h4-7H,8-10H2,1-3H3. The van der Waals surface area contributed by atoms with E-state index in [0.717, 1.165) is 26.8 Å². The summed E-state index contributed by atoms with van der Waals surface area (Å²) < 4.78 is 20.0. The van der Waals surface area contributed by atoms with Crippen LogP contribution in [0, 0.1) is 5.82 Å². The number of fused-ring (bicyclic) bond motifs is 3. The molecule has 136 valence electrons. The van der Waals surface area contributed by atoms with E-state index in [2.05, 4.69) is 13.8 Å². The van der Waals surface area contributed by atoms with Crippen LogP contribution in [-0.4, -0.2) is 21.8 Å². The molecule has 0 spiro atoms. The summed E-state index contributed by atoms with van der Waals surface area (Å²) in [4.78, 5) is 11.7. The monoisotopic (exact) mass is 406 g/mol. The fourth-order valence-corrected chi connectivity index (χ4v) is 5.74. The number of thiophene rings is 1. The normalized spacial score (nSPS) is 16.0. The van der Waals surface area contributed by atoms with Crippen molar-refractivity contribution < 1.29 is 9.13 Å². The van der Waals surface area contributed by atoms with Gasteiger partial charge in [0, 0.05) is 22.4 Å². The fourth-order valence-electron chi connectivity index (χ4n) is 3.05. The summed E-state index contributed by atoms with van der Waals surface area (Å²) in [6.45, 7) is 4.85. The molecule has 2 aromatic heterocycles. The number of halogens is 1. The van der Waals surface area contributed by atoms with Crippen LogP contribution in [0.2, 0.25) is 0 Å². The molecule has 0 saturated heterocycles. The highest BCUT2D eigenvalue weighted by atomic mass is 32.2. The Morgan fingerprint density at radius 3 is 2.85 bits per heavy atom. The Morgan fingerprint density at radius 1 is 1.27 bits per heavy atom. The van der Waals surface area contributed by atoms with Gasteiger partial charge in [0.05, 0.1) is 12.2 Å². The lowest BCUT2D eigenvalue weighted by Gasteiger charge is -2.30. The molecular weight excluding hydrogens is 387 g/mol. The predicted octanol–water partition coefficient (Wildman–Crippen LogP) is 5.70. The molecule has 0 radical (unpaired) electrons. The highest BCUT2D eigenvalue weighted by molar-refractivity contribution is 7.99. The largest absolute Gasteiger partial charge is 0.370 e. The molecule has 1 aliphatic heterocycles. The first-order chi connectivity index (χ1) is 12.5. The van der Waals surface area contributed by atoms with Gasteiger partial charge >= 0.3 is 0 Å². The van der Waals surface area contributed by atoms with Crippen LogP contribution in [-0.2, 0) is 23.5 Å². The Kier molecular flexibility index (Phi) is 4.98. The summed E-state index contributed by atoms with van der Waals surface area (Å²) in [5.41, 5.74) is 1.81. The summed E-state index contributed by atoms with van der Waals surface area (Å²) in [6.07, 6.45) is 2.82. The second-order valence-corrected chi connectivity index (χ2v) is 9.63. The third kappa shape index (κ3) is 3.50. The molecule has 0 saturated carbocycles. The van der Waals surface area contributed by atoms with E-state index in [1.54, 1.807) is 29.2 Å². The molecule has 3 aromatic rings. The average Bonchev–Trinajstić information content (AvgIpc) is 2.97. The minimum absolute atomic E-state index is 0.169. The first-order valence-electron chi connectivity index (χ1n) is 8.33. The molecular formula is C19H19FN2OS3. The summed E-state index contributed by atoms with van der Waals surface area (Å²) in [5.74, 6) is 0.384. The van der Waals surface area contributed by atoms with Gasteiger partial charge in [-0.15, -0.1) is 23.1 Å². The molecule has 1 aliphatic rings. The van der Waals surface area contributed by atoms with E-state index >= 15 is 0 Å². The molecule has 3 heterocycles. The van der Waals surface area contributed by atoms with E-state index in [0.29, 0.717) is 17.9 Å². The summed E-state index contributed by atoms with van der Waals surface area (Å²) in [7, 11) is 0. The zero-order valence-corrected chi connectivity index (χ0v) is 17.3.